The Bertz CT molecular complexity index is 570. The molecule has 3 aliphatic carbocycles. The molecule has 3 heteroatoms. The molecule has 3 N–H and O–H groups in total. The quantitative estimate of drug-likeness (QED) is 0.687. The summed E-state index contributed by atoms with van der Waals surface area (Å²) in [5.74, 6) is 1.88. The molecule has 0 spiro atoms. The summed E-state index contributed by atoms with van der Waals surface area (Å²) in [7, 11) is 0. The first-order valence-corrected chi connectivity index (χ1v) is 8.18. The number of fused-ring (bicyclic) bond motifs is 5. The van der Waals surface area contributed by atoms with Crippen molar-refractivity contribution in [2.75, 3.05) is 0 Å². The minimum atomic E-state index is -0.565. The van der Waals surface area contributed by atoms with Crippen molar-refractivity contribution in [3.8, 4) is 5.75 Å². The van der Waals surface area contributed by atoms with Crippen LogP contribution in [0.1, 0.15) is 49.7 Å². The molecule has 3 nitrogen and oxygen atoms in total. The summed E-state index contributed by atoms with van der Waals surface area (Å²) in [6.45, 7) is 2.17. The second-order valence-electron chi connectivity index (χ2n) is 7.59. The van der Waals surface area contributed by atoms with Crippen molar-refractivity contribution in [3.63, 3.8) is 0 Å². The predicted molar refractivity (Wildman–Crippen MR) is 80.1 cm³/mol. The van der Waals surface area contributed by atoms with Crippen LogP contribution in [0.3, 0.4) is 0 Å². The average Bonchev–Trinajstić information content (AvgIpc) is 2.70. The van der Waals surface area contributed by atoms with Gasteiger partial charge < -0.3 is 15.3 Å². The van der Waals surface area contributed by atoms with Gasteiger partial charge in [0, 0.05) is 0 Å². The Morgan fingerprint density at radius 2 is 2.00 bits per heavy atom. The summed E-state index contributed by atoms with van der Waals surface area (Å²) in [6.07, 6.45) is 3.80. The number of rotatable bonds is 0. The molecule has 0 bridgehead atoms. The standard InChI is InChI=1S/C18H24O3/c1-18-7-6-13-12-5-3-11(19)8-10(12)2-4-14(13)15(18)9-16(20)17(18)21/h3,5,8,13-17,19-21H,2,4,6-7,9H2,1H3/t13-,14-,15+,16-,17+,18+/m0/s1. The van der Waals surface area contributed by atoms with E-state index in [0.717, 1.165) is 32.1 Å². The van der Waals surface area contributed by atoms with Crippen molar-refractivity contribution < 1.29 is 15.3 Å². The monoisotopic (exact) mass is 288 g/mol. The van der Waals surface area contributed by atoms with E-state index in [1.165, 1.54) is 11.1 Å². The van der Waals surface area contributed by atoms with Crippen molar-refractivity contribution in [3.05, 3.63) is 29.3 Å². The summed E-state index contributed by atoms with van der Waals surface area (Å²) >= 11 is 0. The average molecular weight is 288 g/mol. The molecule has 0 radical (unpaired) electrons. The molecule has 1 aromatic carbocycles. The Morgan fingerprint density at radius 1 is 1.19 bits per heavy atom. The van der Waals surface area contributed by atoms with Crippen LogP contribution in [0.25, 0.3) is 0 Å². The first-order valence-electron chi connectivity index (χ1n) is 8.18. The summed E-state index contributed by atoms with van der Waals surface area (Å²) in [5, 5.41) is 30.2. The largest absolute Gasteiger partial charge is 0.508 e. The number of aromatic hydroxyl groups is 1. The lowest BCUT2D eigenvalue weighted by Crippen LogP contribution is -2.44. The molecule has 0 aromatic heterocycles. The van der Waals surface area contributed by atoms with Crippen LogP contribution in [0.15, 0.2) is 18.2 Å². The number of phenolic OH excluding ortho intramolecular Hbond substituents is 1. The van der Waals surface area contributed by atoms with Gasteiger partial charge in [0.1, 0.15) is 5.75 Å². The third-order valence-electron chi connectivity index (χ3n) is 6.68. The smallest absolute Gasteiger partial charge is 0.115 e. The van der Waals surface area contributed by atoms with Crippen LogP contribution in [-0.2, 0) is 6.42 Å². The van der Waals surface area contributed by atoms with Crippen LogP contribution in [0.4, 0.5) is 0 Å². The molecular weight excluding hydrogens is 264 g/mol. The lowest BCUT2D eigenvalue weighted by Gasteiger charge is -2.49. The van der Waals surface area contributed by atoms with Crippen LogP contribution < -0.4 is 0 Å². The first-order chi connectivity index (χ1) is 10.0. The molecule has 0 saturated heterocycles. The molecule has 0 amide bonds. The van der Waals surface area contributed by atoms with Crippen LogP contribution in [0.2, 0.25) is 0 Å². The molecule has 114 valence electrons. The highest BCUT2D eigenvalue weighted by Gasteiger charge is 2.57. The van der Waals surface area contributed by atoms with E-state index < -0.39 is 12.2 Å². The van der Waals surface area contributed by atoms with Gasteiger partial charge in [-0.05, 0) is 78.5 Å². The van der Waals surface area contributed by atoms with E-state index in [4.69, 9.17) is 0 Å². The van der Waals surface area contributed by atoms with E-state index in [9.17, 15) is 15.3 Å². The highest BCUT2D eigenvalue weighted by Crippen LogP contribution is 2.60. The van der Waals surface area contributed by atoms with Crippen molar-refractivity contribution in [2.24, 2.45) is 17.3 Å². The number of phenols is 1. The topological polar surface area (TPSA) is 60.7 Å². The Kier molecular flexibility index (Phi) is 2.89. The zero-order chi connectivity index (χ0) is 14.8. The molecule has 6 atom stereocenters. The van der Waals surface area contributed by atoms with E-state index in [-0.39, 0.29) is 5.41 Å². The van der Waals surface area contributed by atoms with Crippen molar-refractivity contribution in [1.29, 1.82) is 0 Å². The molecule has 2 saturated carbocycles. The summed E-state index contributed by atoms with van der Waals surface area (Å²) in [4.78, 5) is 0. The zero-order valence-corrected chi connectivity index (χ0v) is 12.5. The lowest BCUT2D eigenvalue weighted by atomic mass is 9.55. The minimum Gasteiger partial charge on any atom is -0.508 e. The van der Waals surface area contributed by atoms with Gasteiger partial charge in [0.25, 0.3) is 0 Å². The summed E-state index contributed by atoms with van der Waals surface area (Å²) < 4.78 is 0. The van der Waals surface area contributed by atoms with Gasteiger partial charge in [-0.2, -0.15) is 0 Å². The van der Waals surface area contributed by atoms with Crippen molar-refractivity contribution in [2.45, 2.75) is 57.2 Å². The fourth-order valence-electron chi connectivity index (χ4n) is 5.56. The Morgan fingerprint density at radius 3 is 2.81 bits per heavy atom. The minimum absolute atomic E-state index is 0.116. The van der Waals surface area contributed by atoms with Crippen LogP contribution in [0.5, 0.6) is 5.75 Å². The van der Waals surface area contributed by atoms with Gasteiger partial charge in [-0.1, -0.05) is 13.0 Å². The fraction of sp³-hybridized carbons (Fsp3) is 0.667. The van der Waals surface area contributed by atoms with E-state index in [1.807, 2.05) is 6.07 Å². The Labute approximate surface area is 125 Å². The van der Waals surface area contributed by atoms with Gasteiger partial charge in [0.2, 0.25) is 0 Å². The van der Waals surface area contributed by atoms with Crippen LogP contribution >= 0.6 is 0 Å². The normalized spacial score (nSPS) is 44.8. The zero-order valence-electron chi connectivity index (χ0n) is 12.5. The lowest BCUT2D eigenvalue weighted by molar-refractivity contribution is -0.0505. The van der Waals surface area contributed by atoms with Gasteiger partial charge in [0.15, 0.2) is 0 Å². The maximum Gasteiger partial charge on any atom is 0.115 e. The summed E-state index contributed by atoms with van der Waals surface area (Å²) in [6, 6.07) is 5.80. The molecule has 21 heavy (non-hydrogen) atoms. The second kappa shape index (κ2) is 4.47. The number of hydrogen-bond donors (Lipinski definition) is 3. The van der Waals surface area contributed by atoms with Crippen LogP contribution in [-0.4, -0.2) is 27.5 Å². The van der Waals surface area contributed by atoms with Crippen LogP contribution in [0, 0.1) is 17.3 Å². The molecule has 4 rings (SSSR count). The van der Waals surface area contributed by atoms with E-state index in [2.05, 4.69) is 13.0 Å². The maximum absolute atomic E-state index is 10.4. The predicted octanol–water partition coefficient (Wildman–Crippen LogP) is 2.58. The molecule has 0 heterocycles. The highest BCUT2D eigenvalue weighted by atomic mass is 16.3. The molecular formula is C18H24O3. The fourth-order valence-corrected chi connectivity index (χ4v) is 5.56. The number of benzene rings is 1. The molecule has 2 fully saturated rings. The SMILES string of the molecule is C[C@@]12CC[C@H]3c4ccc(O)cc4CC[C@@H]3[C@H]1C[C@H](O)[C@H]2O. The van der Waals surface area contributed by atoms with E-state index in [0.29, 0.717) is 23.5 Å². The van der Waals surface area contributed by atoms with E-state index in [1.54, 1.807) is 6.07 Å². The Balaban J connectivity index is 1.71. The number of hydrogen-bond acceptors (Lipinski definition) is 3. The number of aryl methyl sites for hydroxylation is 1. The molecule has 0 unspecified atom stereocenters. The number of aliphatic hydroxyl groups is 2. The molecule has 0 aliphatic heterocycles. The first kappa shape index (κ1) is 13.6. The highest BCUT2D eigenvalue weighted by molar-refractivity contribution is 5.40. The molecule has 3 aliphatic rings. The Hall–Kier alpha value is -1.06. The third-order valence-corrected chi connectivity index (χ3v) is 6.68. The van der Waals surface area contributed by atoms with Gasteiger partial charge in [-0.25, -0.2) is 0 Å². The summed E-state index contributed by atoms with van der Waals surface area (Å²) in [5.41, 5.74) is 2.57. The van der Waals surface area contributed by atoms with Gasteiger partial charge >= 0.3 is 0 Å². The third kappa shape index (κ3) is 1.80. The second-order valence-corrected chi connectivity index (χ2v) is 7.59. The van der Waals surface area contributed by atoms with Crippen molar-refractivity contribution in [1.82, 2.24) is 0 Å². The van der Waals surface area contributed by atoms with Gasteiger partial charge in [-0.15, -0.1) is 0 Å². The van der Waals surface area contributed by atoms with Crippen molar-refractivity contribution >= 4 is 0 Å². The van der Waals surface area contributed by atoms with E-state index >= 15 is 0 Å². The maximum atomic E-state index is 10.4. The van der Waals surface area contributed by atoms with Gasteiger partial charge in [-0.3, -0.25) is 0 Å². The molecule has 1 aromatic rings. The van der Waals surface area contributed by atoms with Gasteiger partial charge in [0.05, 0.1) is 12.2 Å². The number of aliphatic hydroxyl groups excluding tert-OH is 2.